The van der Waals surface area contributed by atoms with Crippen LogP contribution in [0.5, 0.6) is 0 Å². The molecule has 0 spiro atoms. The lowest BCUT2D eigenvalue weighted by Crippen LogP contribution is -2.24. The number of carbonyl (C=O) groups is 1. The highest BCUT2D eigenvalue weighted by molar-refractivity contribution is 6.33. The van der Waals surface area contributed by atoms with E-state index < -0.39 is 0 Å². The summed E-state index contributed by atoms with van der Waals surface area (Å²) >= 11 is 6.06. The van der Waals surface area contributed by atoms with E-state index in [1.54, 1.807) is 28.7 Å². The molecule has 0 saturated heterocycles. The number of amides is 1. The Balaban J connectivity index is 1.51. The van der Waals surface area contributed by atoms with Gasteiger partial charge in [-0.2, -0.15) is 4.98 Å². The number of rotatable bonds is 6. The summed E-state index contributed by atoms with van der Waals surface area (Å²) in [5, 5.41) is 15.5. The minimum absolute atomic E-state index is 0.214. The molecule has 4 rings (SSSR count). The van der Waals surface area contributed by atoms with E-state index >= 15 is 0 Å². The summed E-state index contributed by atoms with van der Waals surface area (Å²) in [4.78, 5) is 16.7. The number of carbonyl (C=O) groups excluding carboxylic acids is 1. The van der Waals surface area contributed by atoms with E-state index in [0.29, 0.717) is 33.8 Å². The molecule has 0 unspecified atom stereocenters. The number of nitrogens with one attached hydrogen (secondary N) is 1. The molecule has 1 N–H and O–H groups in total. The van der Waals surface area contributed by atoms with E-state index in [-0.39, 0.29) is 12.5 Å². The van der Waals surface area contributed by atoms with Gasteiger partial charge in [0.15, 0.2) is 17.3 Å². The van der Waals surface area contributed by atoms with Crippen molar-refractivity contribution in [2.24, 2.45) is 0 Å². The first-order chi connectivity index (χ1) is 13.7. The highest BCUT2D eigenvalue weighted by Gasteiger charge is 2.14. The summed E-state index contributed by atoms with van der Waals surface area (Å²) in [5.74, 6) is 1.46. The molecule has 0 saturated carbocycles. The first kappa shape index (κ1) is 18.1. The molecule has 0 fully saturated rings. The average molecular weight is 397 g/mol. The van der Waals surface area contributed by atoms with Gasteiger partial charge in [-0.05, 0) is 30.7 Å². The van der Waals surface area contributed by atoms with Gasteiger partial charge in [-0.15, -0.1) is 10.2 Å². The molecule has 3 heterocycles. The molecular weight excluding hydrogens is 380 g/mol. The smallest absolute Gasteiger partial charge is 0.258 e. The fourth-order valence-corrected chi connectivity index (χ4v) is 3.01. The van der Waals surface area contributed by atoms with Gasteiger partial charge in [0.1, 0.15) is 0 Å². The maximum absolute atomic E-state index is 12.3. The van der Waals surface area contributed by atoms with Crippen LogP contribution in [0.1, 0.15) is 35.4 Å². The topological polar surface area (TPSA) is 98.2 Å². The molecule has 8 nitrogen and oxygen atoms in total. The molecule has 3 aromatic heterocycles. The summed E-state index contributed by atoms with van der Waals surface area (Å²) < 4.78 is 7.10. The highest BCUT2D eigenvalue weighted by atomic mass is 35.5. The maximum Gasteiger partial charge on any atom is 0.258 e. The highest BCUT2D eigenvalue weighted by Crippen LogP contribution is 2.20. The molecule has 28 heavy (non-hydrogen) atoms. The Morgan fingerprint density at radius 1 is 1.25 bits per heavy atom. The van der Waals surface area contributed by atoms with Gasteiger partial charge in [0.2, 0.25) is 0 Å². The van der Waals surface area contributed by atoms with E-state index in [1.165, 1.54) is 0 Å². The van der Waals surface area contributed by atoms with Crippen LogP contribution >= 0.6 is 11.6 Å². The van der Waals surface area contributed by atoms with Gasteiger partial charge in [-0.3, -0.25) is 9.20 Å². The molecule has 1 amide bonds. The van der Waals surface area contributed by atoms with Crippen molar-refractivity contribution >= 4 is 23.2 Å². The third kappa shape index (κ3) is 3.59. The molecule has 0 atom stereocenters. The van der Waals surface area contributed by atoms with Gasteiger partial charge < -0.3 is 9.84 Å². The van der Waals surface area contributed by atoms with Crippen LogP contribution < -0.4 is 5.32 Å². The third-order valence-electron chi connectivity index (χ3n) is 4.19. The Hall–Kier alpha value is -3.26. The van der Waals surface area contributed by atoms with Crippen LogP contribution in [0.2, 0.25) is 5.02 Å². The lowest BCUT2D eigenvalue weighted by atomic mass is 10.2. The van der Waals surface area contributed by atoms with Crippen molar-refractivity contribution < 1.29 is 9.32 Å². The van der Waals surface area contributed by atoms with Crippen molar-refractivity contribution in [2.75, 3.05) is 0 Å². The number of hydrogen-bond acceptors (Lipinski definition) is 6. The van der Waals surface area contributed by atoms with Crippen LogP contribution in [-0.4, -0.2) is 30.6 Å². The molecule has 0 bridgehead atoms. The first-order valence-electron chi connectivity index (χ1n) is 8.85. The standard InChI is InChI=1S/C19H17ClN6O2/c1-2-5-15-22-19(28-25-15)12-8-9-26-16(10-12)23-24-17(26)11-21-18(27)13-6-3-4-7-14(13)20/h3-4,6-10H,2,5,11H2,1H3,(H,21,27). The van der Waals surface area contributed by atoms with Crippen molar-refractivity contribution in [3.8, 4) is 11.5 Å². The molecular formula is C19H17ClN6O2. The van der Waals surface area contributed by atoms with Crippen LogP contribution in [0.3, 0.4) is 0 Å². The van der Waals surface area contributed by atoms with Crippen molar-refractivity contribution in [1.82, 2.24) is 30.1 Å². The zero-order valence-corrected chi connectivity index (χ0v) is 15.8. The Kier molecular flexibility index (Phi) is 5.03. The van der Waals surface area contributed by atoms with Crippen molar-refractivity contribution in [1.29, 1.82) is 0 Å². The number of pyridine rings is 1. The average Bonchev–Trinajstić information content (AvgIpc) is 3.33. The second-order valence-corrected chi connectivity index (χ2v) is 6.60. The van der Waals surface area contributed by atoms with E-state index in [1.807, 2.05) is 18.3 Å². The largest absolute Gasteiger partial charge is 0.345 e. The minimum Gasteiger partial charge on any atom is -0.345 e. The summed E-state index contributed by atoms with van der Waals surface area (Å²) in [7, 11) is 0. The molecule has 0 aliphatic heterocycles. The van der Waals surface area contributed by atoms with Gasteiger partial charge in [0.25, 0.3) is 11.8 Å². The molecule has 142 valence electrons. The van der Waals surface area contributed by atoms with Crippen LogP contribution in [0.15, 0.2) is 47.1 Å². The zero-order valence-electron chi connectivity index (χ0n) is 15.1. The summed E-state index contributed by atoms with van der Waals surface area (Å²) in [6, 6.07) is 10.5. The monoisotopic (exact) mass is 396 g/mol. The lowest BCUT2D eigenvalue weighted by molar-refractivity contribution is 0.0950. The van der Waals surface area contributed by atoms with Crippen LogP contribution in [0.25, 0.3) is 17.1 Å². The van der Waals surface area contributed by atoms with Gasteiger partial charge in [-0.25, -0.2) is 0 Å². The van der Waals surface area contributed by atoms with Crippen molar-refractivity contribution in [3.63, 3.8) is 0 Å². The van der Waals surface area contributed by atoms with E-state index in [2.05, 4.69) is 32.6 Å². The van der Waals surface area contributed by atoms with Crippen LogP contribution in [0.4, 0.5) is 0 Å². The molecule has 1 aromatic carbocycles. The van der Waals surface area contributed by atoms with Crippen molar-refractivity contribution in [3.05, 3.63) is 64.8 Å². The first-order valence-corrected chi connectivity index (χ1v) is 9.23. The van der Waals surface area contributed by atoms with Crippen LogP contribution in [0, 0.1) is 0 Å². The fourth-order valence-electron chi connectivity index (χ4n) is 2.79. The van der Waals surface area contributed by atoms with Gasteiger partial charge in [0.05, 0.1) is 17.1 Å². The number of aromatic nitrogens is 5. The predicted octanol–water partition coefficient (Wildman–Crippen LogP) is 3.32. The van der Waals surface area contributed by atoms with Gasteiger partial charge in [-0.1, -0.05) is 35.8 Å². The molecule has 0 radical (unpaired) electrons. The Bertz CT molecular complexity index is 1140. The third-order valence-corrected chi connectivity index (χ3v) is 4.52. The molecule has 0 aliphatic rings. The molecule has 4 aromatic rings. The van der Waals surface area contributed by atoms with Gasteiger partial charge in [0, 0.05) is 18.2 Å². The minimum atomic E-state index is -0.270. The number of aryl methyl sites for hydroxylation is 1. The summed E-state index contributed by atoms with van der Waals surface area (Å²) in [5.41, 5.74) is 1.80. The quantitative estimate of drug-likeness (QED) is 0.536. The number of halogens is 1. The van der Waals surface area contributed by atoms with Crippen molar-refractivity contribution in [2.45, 2.75) is 26.3 Å². The lowest BCUT2D eigenvalue weighted by Gasteiger charge is -2.06. The number of benzene rings is 1. The normalized spacial score (nSPS) is 11.1. The van der Waals surface area contributed by atoms with Gasteiger partial charge >= 0.3 is 0 Å². The fraction of sp³-hybridized carbons (Fsp3) is 0.211. The second kappa shape index (κ2) is 7.77. The summed E-state index contributed by atoms with van der Waals surface area (Å²) in [6.07, 6.45) is 3.53. The van der Waals surface area contributed by atoms with Crippen LogP contribution in [-0.2, 0) is 13.0 Å². The Morgan fingerprint density at radius 2 is 2.11 bits per heavy atom. The van der Waals surface area contributed by atoms with E-state index in [0.717, 1.165) is 18.4 Å². The predicted molar refractivity (Wildman–Crippen MR) is 103 cm³/mol. The SMILES string of the molecule is CCCc1noc(-c2ccn3c(CNC(=O)c4ccccc4Cl)nnc3c2)n1. The second-order valence-electron chi connectivity index (χ2n) is 6.19. The van der Waals surface area contributed by atoms with E-state index in [9.17, 15) is 4.79 Å². The van der Waals surface area contributed by atoms with E-state index in [4.69, 9.17) is 16.1 Å². The number of nitrogens with zero attached hydrogens (tertiary/aromatic N) is 5. The molecule has 9 heteroatoms. The maximum atomic E-state index is 12.3. The number of fused-ring (bicyclic) bond motifs is 1. The summed E-state index contributed by atoms with van der Waals surface area (Å²) in [6.45, 7) is 2.27. The Morgan fingerprint density at radius 3 is 2.93 bits per heavy atom. The number of hydrogen-bond donors (Lipinski definition) is 1. The Labute approximate surface area is 165 Å². The zero-order chi connectivity index (χ0) is 19.5. The molecule has 0 aliphatic carbocycles.